The summed E-state index contributed by atoms with van der Waals surface area (Å²) in [5.41, 5.74) is 0.277. The summed E-state index contributed by atoms with van der Waals surface area (Å²) in [7, 11) is 0. The third-order valence-electron chi connectivity index (χ3n) is 2.80. The van der Waals surface area contributed by atoms with Gasteiger partial charge < -0.3 is 10.6 Å². The smallest absolute Gasteiger partial charge is 0.324 e. The largest absolute Gasteiger partial charge is 0.374 e. The first-order valence-corrected chi connectivity index (χ1v) is 5.80. The molecular weight excluding hydrogens is 256 g/mol. The van der Waals surface area contributed by atoms with Gasteiger partial charge in [0.1, 0.15) is 6.04 Å². The van der Waals surface area contributed by atoms with Crippen LogP contribution in [0.4, 0.5) is 19.3 Å². The van der Waals surface area contributed by atoms with Crippen LogP contribution in [0.3, 0.4) is 0 Å². The highest BCUT2D eigenvalue weighted by Gasteiger charge is 2.29. The van der Waals surface area contributed by atoms with Crippen molar-refractivity contribution in [3.05, 3.63) is 29.8 Å². The van der Waals surface area contributed by atoms with Gasteiger partial charge in [0.25, 0.3) is 5.91 Å². The van der Waals surface area contributed by atoms with E-state index in [2.05, 4.69) is 10.6 Å². The zero-order valence-electron chi connectivity index (χ0n) is 10.2. The van der Waals surface area contributed by atoms with Crippen molar-refractivity contribution < 1.29 is 18.4 Å². The Kier molecular flexibility index (Phi) is 3.64. The Morgan fingerprint density at radius 3 is 2.74 bits per heavy atom. The summed E-state index contributed by atoms with van der Waals surface area (Å²) in [6, 6.07) is 2.10. The highest BCUT2D eigenvalue weighted by molar-refractivity contribution is 5.99. The van der Waals surface area contributed by atoms with Crippen molar-refractivity contribution in [3.63, 3.8) is 0 Å². The Morgan fingerprint density at radius 1 is 1.42 bits per heavy atom. The second-order valence-corrected chi connectivity index (χ2v) is 4.22. The molecule has 0 saturated carbocycles. The van der Waals surface area contributed by atoms with Crippen LogP contribution in [0, 0.1) is 11.6 Å². The molecule has 0 radical (unpaired) electrons. The van der Waals surface area contributed by atoms with E-state index in [0.29, 0.717) is 13.1 Å². The Bertz CT molecular complexity index is 522. The highest BCUT2D eigenvalue weighted by atomic mass is 19.2. The summed E-state index contributed by atoms with van der Waals surface area (Å²) < 4.78 is 25.8. The molecule has 1 atom stereocenters. The number of anilines is 1. The Hall–Kier alpha value is -2.18. The fourth-order valence-corrected chi connectivity index (χ4v) is 1.81. The van der Waals surface area contributed by atoms with Gasteiger partial charge in [0.05, 0.1) is 0 Å². The second kappa shape index (κ2) is 5.21. The number of halogens is 2. The molecule has 1 aliphatic heterocycles. The monoisotopic (exact) mass is 269 g/mol. The third kappa shape index (κ3) is 2.81. The number of benzene rings is 1. The number of hydrogen-bond donors (Lipinski definition) is 2. The van der Waals surface area contributed by atoms with E-state index in [1.54, 1.807) is 6.92 Å². The van der Waals surface area contributed by atoms with Crippen LogP contribution >= 0.6 is 0 Å². The lowest BCUT2D eigenvalue weighted by atomic mass is 10.2. The quantitative estimate of drug-likeness (QED) is 0.870. The van der Waals surface area contributed by atoms with Crippen LogP contribution in [0.5, 0.6) is 0 Å². The van der Waals surface area contributed by atoms with Crippen LogP contribution in [0.1, 0.15) is 6.92 Å². The number of imide groups is 1. The molecule has 1 aliphatic rings. The first-order chi connectivity index (χ1) is 8.99. The number of urea groups is 1. The summed E-state index contributed by atoms with van der Waals surface area (Å²) in [5.74, 6) is -2.37. The summed E-state index contributed by atoms with van der Waals surface area (Å²) in [6.07, 6.45) is 0. The summed E-state index contributed by atoms with van der Waals surface area (Å²) >= 11 is 0. The van der Waals surface area contributed by atoms with Crippen molar-refractivity contribution in [1.82, 2.24) is 10.2 Å². The van der Waals surface area contributed by atoms with Crippen LogP contribution in [0.2, 0.25) is 0 Å². The van der Waals surface area contributed by atoms with Crippen molar-refractivity contribution in [3.8, 4) is 0 Å². The predicted molar refractivity (Wildman–Crippen MR) is 64.6 cm³/mol. The molecule has 0 bridgehead atoms. The Balaban J connectivity index is 2.03. The molecule has 1 aromatic carbocycles. The fourth-order valence-electron chi connectivity index (χ4n) is 1.81. The van der Waals surface area contributed by atoms with Crippen molar-refractivity contribution in [2.75, 3.05) is 18.4 Å². The fraction of sp³-hybridized carbons (Fsp3) is 0.333. The van der Waals surface area contributed by atoms with Gasteiger partial charge in [0.2, 0.25) is 0 Å². The maximum atomic E-state index is 13.0. The molecule has 0 spiro atoms. The minimum Gasteiger partial charge on any atom is -0.374 e. The van der Waals surface area contributed by atoms with Gasteiger partial charge in [-0.3, -0.25) is 9.69 Å². The maximum absolute atomic E-state index is 13.0. The average Bonchev–Trinajstić information content (AvgIpc) is 2.79. The van der Waals surface area contributed by atoms with Crippen molar-refractivity contribution in [2.24, 2.45) is 0 Å². The van der Waals surface area contributed by atoms with Crippen molar-refractivity contribution in [1.29, 1.82) is 0 Å². The molecule has 5 nitrogen and oxygen atoms in total. The van der Waals surface area contributed by atoms with E-state index in [1.165, 1.54) is 6.07 Å². The van der Waals surface area contributed by atoms with E-state index in [-0.39, 0.29) is 5.69 Å². The number of carbonyl (C=O) groups excluding carboxylic acids is 2. The van der Waals surface area contributed by atoms with E-state index in [4.69, 9.17) is 0 Å². The number of hydrogen-bond acceptors (Lipinski definition) is 3. The summed E-state index contributed by atoms with van der Waals surface area (Å²) in [6.45, 7) is 2.28. The topological polar surface area (TPSA) is 61.4 Å². The standard InChI is InChI=1S/C12H13F2N3O2/c1-7(11(18)17-5-4-15-12(17)19)16-8-2-3-9(13)10(14)6-8/h2-3,6-7,16H,4-5H2,1H3,(H,15,19). The van der Waals surface area contributed by atoms with E-state index in [0.717, 1.165) is 17.0 Å². The molecule has 2 N–H and O–H groups in total. The molecule has 1 aromatic rings. The molecular formula is C12H13F2N3O2. The van der Waals surface area contributed by atoms with Gasteiger partial charge in [-0.25, -0.2) is 13.6 Å². The van der Waals surface area contributed by atoms with Crippen LogP contribution in [0.15, 0.2) is 18.2 Å². The zero-order valence-corrected chi connectivity index (χ0v) is 10.2. The normalized spacial score (nSPS) is 16.2. The SMILES string of the molecule is CC(Nc1ccc(F)c(F)c1)C(=O)N1CCNC1=O. The number of nitrogens with one attached hydrogen (secondary N) is 2. The van der Waals surface area contributed by atoms with Gasteiger partial charge in [-0.1, -0.05) is 0 Å². The summed E-state index contributed by atoms with van der Waals surface area (Å²) in [4.78, 5) is 24.4. The van der Waals surface area contributed by atoms with Crippen molar-refractivity contribution >= 4 is 17.6 Å². The molecule has 7 heteroatoms. The molecule has 1 saturated heterocycles. The molecule has 3 amide bonds. The molecule has 1 heterocycles. The van der Waals surface area contributed by atoms with Crippen LogP contribution < -0.4 is 10.6 Å². The number of amides is 3. The molecule has 102 valence electrons. The second-order valence-electron chi connectivity index (χ2n) is 4.22. The number of carbonyl (C=O) groups is 2. The van der Waals surface area contributed by atoms with Crippen LogP contribution in [0.25, 0.3) is 0 Å². The van der Waals surface area contributed by atoms with Gasteiger partial charge in [-0.15, -0.1) is 0 Å². The molecule has 0 aliphatic carbocycles. The predicted octanol–water partition coefficient (Wildman–Crippen LogP) is 1.32. The van der Waals surface area contributed by atoms with Gasteiger partial charge in [0, 0.05) is 24.8 Å². The van der Waals surface area contributed by atoms with E-state index in [9.17, 15) is 18.4 Å². The summed E-state index contributed by atoms with van der Waals surface area (Å²) in [5, 5.41) is 5.24. The molecule has 1 unspecified atom stereocenters. The highest BCUT2D eigenvalue weighted by Crippen LogP contribution is 2.15. The molecule has 1 fully saturated rings. The average molecular weight is 269 g/mol. The molecule has 19 heavy (non-hydrogen) atoms. The first kappa shape index (κ1) is 13.3. The lowest BCUT2D eigenvalue weighted by Gasteiger charge is -2.19. The molecule has 0 aromatic heterocycles. The maximum Gasteiger partial charge on any atom is 0.324 e. The third-order valence-corrected chi connectivity index (χ3v) is 2.80. The van der Waals surface area contributed by atoms with Gasteiger partial charge >= 0.3 is 6.03 Å². The minimum atomic E-state index is -0.997. The van der Waals surface area contributed by atoms with Gasteiger partial charge in [0.15, 0.2) is 11.6 Å². The number of rotatable bonds is 3. The minimum absolute atomic E-state index is 0.277. The van der Waals surface area contributed by atoms with Gasteiger partial charge in [-0.05, 0) is 19.1 Å². The lowest BCUT2D eigenvalue weighted by molar-refractivity contribution is -0.128. The van der Waals surface area contributed by atoms with E-state index >= 15 is 0 Å². The lowest BCUT2D eigenvalue weighted by Crippen LogP contribution is -2.43. The Morgan fingerprint density at radius 2 is 2.16 bits per heavy atom. The first-order valence-electron chi connectivity index (χ1n) is 5.80. The van der Waals surface area contributed by atoms with Crippen molar-refractivity contribution in [2.45, 2.75) is 13.0 Å². The number of nitrogens with zero attached hydrogens (tertiary/aromatic N) is 1. The van der Waals surface area contributed by atoms with Gasteiger partial charge in [-0.2, -0.15) is 0 Å². The molecule has 2 rings (SSSR count). The van der Waals surface area contributed by atoms with E-state index < -0.39 is 29.6 Å². The zero-order chi connectivity index (χ0) is 14.0. The van der Waals surface area contributed by atoms with Crippen LogP contribution in [-0.2, 0) is 4.79 Å². The van der Waals surface area contributed by atoms with Crippen LogP contribution in [-0.4, -0.2) is 36.0 Å². The van der Waals surface area contributed by atoms with E-state index in [1.807, 2.05) is 0 Å². The Labute approximate surface area is 108 Å².